The summed E-state index contributed by atoms with van der Waals surface area (Å²) in [5.74, 6) is 0.698. The minimum Gasteiger partial charge on any atom is -0.489 e. The molecule has 24 heavy (non-hydrogen) atoms. The van der Waals surface area contributed by atoms with Gasteiger partial charge in [0.05, 0.1) is 16.3 Å². The second-order valence-electron chi connectivity index (χ2n) is 5.26. The monoisotopic (exact) mass is 318 g/mol. The lowest BCUT2D eigenvalue weighted by atomic mass is 10.1. The number of benzene rings is 2. The van der Waals surface area contributed by atoms with Crippen LogP contribution < -0.4 is 20.9 Å². The Bertz CT molecular complexity index is 1010. The molecule has 3 rings (SSSR count). The molecule has 4 nitrogen and oxygen atoms in total. The van der Waals surface area contributed by atoms with E-state index in [1.54, 1.807) is 12.2 Å². The van der Waals surface area contributed by atoms with Crippen molar-refractivity contribution in [2.45, 2.75) is 0 Å². The molecule has 0 spiro atoms. The first-order valence-electron chi connectivity index (χ1n) is 7.60. The first kappa shape index (κ1) is 15.6. The molecule has 0 atom stereocenters. The van der Waals surface area contributed by atoms with Crippen LogP contribution in [0.5, 0.6) is 5.75 Å². The van der Waals surface area contributed by atoms with Gasteiger partial charge < -0.3 is 4.74 Å². The molecule has 0 saturated heterocycles. The number of hydrogen-bond acceptors (Lipinski definition) is 2. The van der Waals surface area contributed by atoms with E-state index in [4.69, 9.17) is 4.74 Å². The number of nitrogens with one attached hydrogen (secondary N) is 1. The van der Waals surface area contributed by atoms with E-state index in [1.807, 2.05) is 54.6 Å². The van der Waals surface area contributed by atoms with Crippen LogP contribution in [-0.4, -0.2) is 16.4 Å². The van der Waals surface area contributed by atoms with E-state index >= 15 is 0 Å². The number of para-hydroxylation sites is 2. The van der Waals surface area contributed by atoms with Crippen molar-refractivity contribution in [3.63, 3.8) is 0 Å². The Hall–Kier alpha value is -3.27. The Morgan fingerprint density at radius 2 is 1.79 bits per heavy atom. The van der Waals surface area contributed by atoms with Crippen LogP contribution in [0.15, 0.2) is 72.0 Å². The summed E-state index contributed by atoms with van der Waals surface area (Å²) in [6.07, 6.45) is 3.47. The molecule has 0 radical (unpaired) electrons. The van der Waals surface area contributed by atoms with Gasteiger partial charge in [-0.3, -0.25) is 9.89 Å². The molecule has 1 N–H and O–H groups in total. The van der Waals surface area contributed by atoms with E-state index in [-0.39, 0.29) is 5.56 Å². The third-order valence-electron chi connectivity index (χ3n) is 3.60. The summed E-state index contributed by atoms with van der Waals surface area (Å²) in [5, 5.41) is 4.08. The molecule has 0 aliphatic rings. The SMILES string of the molecule is C=CCOc1ccccc1/C=c1\c(=C)[nH]n(-c2ccccc2)c1=O. The fraction of sp³-hybridized carbons (Fsp3) is 0.0500. The normalized spacial score (nSPS) is 11.4. The molecule has 0 amide bonds. The molecule has 0 fully saturated rings. The Morgan fingerprint density at radius 3 is 2.54 bits per heavy atom. The van der Waals surface area contributed by atoms with Crippen LogP contribution in [0.3, 0.4) is 0 Å². The van der Waals surface area contributed by atoms with Gasteiger partial charge in [-0.1, -0.05) is 55.6 Å². The van der Waals surface area contributed by atoms with Crippen LogP contribution in [0.4, 0.5) is 0 Å². The standard InChI is InChI=1S/C20H18N2O2/c1-3-13-24-19-12-8-7-9-16(19)14-18-15(2)21-22(20(18)23)17-10-5-4-6-11-17/h3-12,14,21H,1-2,13H2/b18-14+. The number of nitrogens with zero attached hydrogens (tertiary/aromatic N) is 1. The minimum atomic E-state index is -0.148. The van der Waals surface area contributed by atoms with Crippen molar-refractivity contribution in [2.24, 2.45) is 0 Å². The van der Waals surface area contributed by atoms with Crippen LogP contribution in [-0.2, 0) is 0 Å². The lowest BCUT2D eigenvalue weighted by Crippen LogP contribution is -2.34. The predicted octanol–water partition coefficient (Wildman–Crippen LogP) is 1.97. The lowest BCUT2D eigenvalue weighted by molar-refractivity contribution is 0.362. The van der Waals surface area contributed by atoms with Crippen LogP contribution in [0.1, 0.15) is 5.56 Å². The van der Waals surface area contributed by atoms with Gasteiger partial charge in [0.2, 0.25) is 0 Å². The highest BCUT2D eigenvalue weighted by molar-refractivity contribution is 5.57. The molecule has 0 unspecified atom stereocenters. The highest BCUT2D eigenvalue weighted by Gasteiger charge is 2.06. The summed E-state index contributed by atoms with van der Waals surface area (Å²) in [6, 6.07) is 16.9. The van der Waals surface area contributed by atoms with E-state index in [1.165, 1.54) is 4.68 Å². The van der Waals surface area contributed by atoms with Gasteiger partial charge in [-0.15, -0.1) is 0 Å². The highest BCUT2D eigenvalue weighted by atomic mass is 16.5. The highest BCUT2D eigenvalue weighted by Crippen LogP contribution is 2.18. The zero-order valence-electron chi connectivity index (χ0n) is 13.2. The predicted molar refractivity (Wildman–Crippen MR) is 96.9 cm³/mol. The maximum Gasteiger partial charge on any atom is 0.279 e. The van der Waals surface area contributed by atoms with Crippen LogP contribution >= 0.6 is 0 Å². The Labute approximate surface area is 139 Å². The second kappa shape index (κ2) is 6.87. The quantitative estimate of drug-likeness (QED) is 0.731. The number of H-pyrrole nitrogens is 1. The average Bonchev–Trinajstić information content (AvgIpc) is 2.90. The smallest absolute Gasteiger partial charge is 0.279 e. The van der Waals surface area contributed by atoms with Crippen LogP contribution in [0.25, 0.3) is 18.3 Å². The summed E-state index contributed by atoms with van der Waals surface area (Å²) >= 11 is 0. The number of aromatic amines is 1. The van der Waals surface area contributed by atoms with E-state index < -0.39 is 0 Å². The minimum absolute atomic E-state index is 0.148. The van der Waals surface area contributed by atoms with Crippen molar-refractivity contribution in [1.29, 1.82) is 0 Å². The summed E-state index contributed by atoms with van der Waals surface area (Å²) in [4.78, 5) is 12.7. The molecular formula is C20H18N2O2. The summed E-state index contributed by atoms with van der Waals surface area (Å²) in [6.45, 7) is 8.01. The van der Waals surface area contributed by atoms with Crippen molar-refractivity contribution in [3.05, 3.63) is 93.7 Å². The fourth-order valence-corrected chi connectivity index (χ4v) is 2.44. The van der Waals surface area contributed by atoms with Gasteiger partial charge in [-0.2, -0.15) is 0 Å². The Balaban J connectivity index is 2.13. The van der Waals surface area contributed by atoms with Crippen molar-refractivity contribution < 1.29 is 4.74 Å². The average molecular weight is 318 g/mol. The lowest BCUT2D eigenvalue weighted by Gasteiger charge is -2.06. The second-order valence-corrected chi connectivity index (χ2v) is 5.26. The van der Waals surface area contributed by atoms with Gasteiger partial charge in [-0.05, 0) is 24.3 Å². The molecule has 0 aliphatic carbocycles. The van der Waals surface area contributed by atoms with Crippen molar-refractivity contribution in [2.75, 3.05) is 6.61 Å². The van der Waals surface area contributed by atoms with Gasteiger partial charge in [0.1, 0.15) is 12.4 Å². The third-order valence-corrected chi connectivity index (χ3v) is 3.60. The third kappa shape index (κ3) is 3.08. The van der Waals surface area contributed by atoms with Crippen LogP contribution in [0.2, 0.25) is 0 Å². The first-order chi connectivity index (χ1) is 11.7. The zero-order valence-corrected chi connectivity index (χ0v) is 13.2. The summed E-state index contributed by atoms with van der Waals surface area (Å²) in [7, 11) is 0. The number of hydrogen-bond donors (Lipinski definition) is 1. The topological polar surface area (TPSA) is 47.0 Å². The first-order valence-corrected chi connectivity index (χ1v) is 7.60. The van der Waals surface area contributed by atoms with E-state index in [0.717, 1.165) is 11.3 Å². The van der Waals surface area contributed by atoms with E-state index in [0.29, 0.717) is 22.9 Å². The fourth-order valence-electron chi connectivity index (χ4n) is 2.44. The van der Waals surface area contributed by atoms with Gasteiger partial charge >= 0.3 is 0 Å². The maximum atomic E-state index is 12.7. The molecule has 120 valence electrons. The summed E-state index contributed by atoms with van der Waals surface area (Å²) < 4.78 is 7.13. The molecule has 1 aromatic heterocycles. The largest absolute Gasteiger partial charge is 0.489 e. The van der Waals surface area contributed by atoms with Crippen molar-refractivity contribution >= 4 is 12.7 Å². The molecule has 0 aliphatic heterocycles. The maximum absolute atomic E-state index is 12.7. The molecular weight excluding hydrogens is 300 g/mol. The molecule has 0 saturated carbocycles. The Morgan fingerprint density at radius 1 is 1.08 bits per heavy atom. The number of aromatic nitrogens is 2. The molecule has 4 heteroatoms. The Kier molecular flexibility index (Phi) is 4.47. The molecule has 2 aromatic carbocycles. The molecule has 0 bridgehead atoms. The van der Waals surface area contributed by atoms with E-state index in [9.17, 15) is 4.79 Å². The van der Waals surface area contributed by atoms with Crippen molar-refractivity contribution in [3.8, 4) is 11.4 Å². The summed E-state index contributed by atoms with van der Waals surface area (Å²) in [5.41, 5.74) is 1.44. The van der Waals surface area contributed by atoms with Gasteiger partial charge in [-0.25, -0.2) is 4.68 Å². The zero-order chi connectivity index (χ0) is 16.9. The number of rotatable bonds is 5. The van der Waals surface area contributed by atoms with Gasteiger partial charge in [0.25, 0.3) is 5.56 Å². The molecule has 1 heterocycles. The van der Waals surface area contributed by atoms with E-state index in [2.05, 4.69) is 18.3 Å². The van der Waals surface area contributed by atoms with Gasteiger partial charge in [0.15, 0.2) is 0 Å². The number of ether oxygens (including phenoxy) is 1. The molecule has 3 aromatic rings. The van der Waals surface area contributed by atoms with Gasteiger partial charge in [0, 0.05) is 5.56 Å². The van der Waals surface area contributed by atoms with Crippen LogP contribution in [0, 0.1) is 0 Å². The van der Waals surface area contributed by atoms with Crippen molar-refractivity contribution in [1.82, 2.24) is 9.78 Å².